The average Bonchev–Trinajstić information content (AvgIpc) is 2.98. The molecule has 0 saturated heterocycles. The van der Waals surface area contributed by atoms with Gasteiger partial charge >= 0.3 is 0 Å². The molecule has 0 saturated carbocycles. The zero-order valence-corrected chi connectivity index (χ0v) is 14.1. The molecule has 11 heteroatoms. The van der Waals surface area contributed by atoms with E-state index in [1.165, 1.54) is 29.5 Å². The Balaban J connectivity index is 1.83. The first-order valence-electron chi connectivity index (χ1n) is 6.96. The van der Waals surface area contributed by atoms with Crippen molar-refractivity contribution in [3.63, 3.8) is 0 Å². The number of amides is 1. The first kappa shape index (κ1) is 16.7. The number of rotatable bonds is 5. The summed E-state index contributed by atoms with van der Waals surface area (Å²) < 4.78 is 34.4. The second-order valence-electron chi connectivity index (χ2n) is 5.26. The summed E-state index contributed by atoms with van der Waals surface area (Å²) in [6, 6.07) is 2.20. The van der Waals surface area contributed by atoms with Gasteiger partial charge in [0, 0.05) is 12.1 Å². The Morgan fingerprint density at radius 1 is 1.50 bits per heavy atom. The van der Waals surface area contributed by atoms with Gasteiger partial charge in [0.15, 0.2) is 6.61 Å². The molecule has 2 heterocycles. The summed E-state index contributed by atoms with van der Waals surface area (Å²) in [6.07, 6.45) is 2.86. The number of benzene rings is 1. The monoisotopic (exact) mass is 371 g/mol. The van der Waals surface area contributed by atoms with Crippen molar-refractivity contribution in [2.75, 3.05) is 11.9 Å². The Bertz CT molecular complexity index is 869. The molecule has 1 aliphatic heterocycles. The van der Waals surface area contributed by atoms with Crippen molar-refractivity contribution in [3.8, 4) is 5.75 Å². The molecule has 1 aromatic heterocycles. The number of carbonyl (C=O) groups excluding carboxylic acids is 1. The Hall–Kier alpha value is -2.17. The molecule has 1 unspecified atom stereocenters. The van der Waals surface area contributed by atoms with E-state index in [9.17, 15) is 13.2 Å². The predicted octanol–water partition coefficient (Wildman–Crippen LogP) is 0.629. The summed E-state index contributed by atoms with van der Waals surface area (Å²) in [5.41, 5.74) is 0.339. The summed E-state index contributed by atoms with van der Waals surface area (Å²) in [5, 5.41) is 6.48. The van der Waals surface area contributed by atoms with E-state index >= 15 is 0 Å². The molecule has 1 aliphatic rings. The number of halogens is 1. The van der Waals surface area contributed by atoms with Crippen LogP contribution in [0.1, 0.15) is 6.92 Å². The number of sulfonamides is 1. The van der Waals surface area contributed by atoms with Crippen LogP contribution in [0.3, 0.4) is 0 Å². The maximum absolute atomic E-state index is 12.6. The van der Waals surface area contributed by atoms with Gasteiger partial charge in [-0.2, -0.15) is 5.10 Å². The molecule has 0 fully saturated rings. The maximum atomic E-state index is 12.6. The molecule has 0 aliphatic carbocycles. The van der Waals surface area contributed by atoms with Crippen LogP contribution in [-0.2, 0) is 21.4 Å². The van der Waals surface area contributed by atoms with Crippen LogP contribution in [-0.4, -0.2) is 41.7 Å². The highest BCUT2D eigenvalue weighted by atomic mass is 35.5. The summed E-state index contributed by atoms with van der Waals surface area (Å²) in [6.45, 7) is 1.83. The quantitative estimate of drug-likeness (QED) is 0.796. The van der Waals surface area contributed by atoms with Gasteiger partial charge in [-0.05, 0) is 13.0 Å². The Morgan fingerprint density at radius 2 is 2.29 bits per heavy atom. The molecule has 128 valence electrons. The van der Waals surface area contributed by atoms with Crippen molar-refractivity contribution in [2.45, 2.75) is 24.4 Å². The van der Waals surface area contributed by atoms with E-state index < -0.39 is 16.1 Å². The molecular weight excluding hydrogens is 358 g/mol. The Morgan fingerprint density at radius 3 is 3.00 bits per heavy atom. The van der Waals surface area contributed by atoms with Crippen LogP contribution in [0.25, 0.3) is 0 Å². The van der Waals surface area contributed by atoms with E-state index in [4.69, 9.17) is 16.3 Å². The minimum absolute atomic E-state index is 0.0139. The SMILES string of the molecule is CC(Cn1cncn1)NS(=O)(=O)c1cc2c(cc1Cl)NC(=O)CO2. The third-order valence-corrected chi connectivity index (χ3v) is 5.29. The van der Waals surface area contributed by atoms with Crippen molar-refractivity contribution < 1.29 is 17.9 Å². The molecule has 0 spiro atoms. The van der Waals surface area contributed by atoms with Crippen molar-refractivity contribution >= 4 is 33.2 Å². The van der Waals surface area contributed by atoms with Gasteiger partial charge in [0.25, 0.3) is 5.91 Å². The lowest BCUT2D eigenvalue weighted by molar-refractivity contribution is -0.118. The van der Waals surface area contributed by atoms with E-state index in [0.717, 1.165) is 0 Å². The van der Waals surface area contributed by atoms with E-state index in [2.05, 4.69) is 20.1 Å². The fourth-order valence-electron chi connectivity index (χ4n) is 2.26. The first-order valence-corrected chi connectivity index (χ1v) is 8.82. The number of anilines is 1. The standard InChI is InChI=1S/C13H14ClN5O4S/c1-8(4-19-7-15-6-16-19)18-24(21,22)12-3-11-10(2-9(12)14)17-13(20)5-23-11/h2-3,6-8,18H,4-5H2,1H3,(H,17,20). The second-order valence-corrected chi connectivity index (χ2v) is 7.35. The summed E-state index contributed by atoms with van der Waals surface area (Å²) >= 11 is 6.07. The highest BCUT2D eigenvalue weighted by Crippen LogP contribution is 2.35. The molecular formula is C13H14ClN5O4S. The van der Waals surface area contributed by atoms with Crippen LogP contribution in [0.15, 0.2) is 29.7 Å². The molecule has 3 rings (SSSR count). The van der Waals surface area contributed by atoms with Crippen molar-refractivity contribution in [1.29, 1.82) is 0 Å². The minimum atomic E-state index is -3.88. The van der Waals surface area contributed by atoms with E-state index in [0.29, 0.717) is 12.2 Å². The maximum Gasteiger partial charge on any atom is 0.262 e. The minimum Gasteiger partial charge on any atom is -0.482 e. The summed E-state index contributed by atoms with van der Waals surface area (Å²) in [7, 11) is -3.88. The average molecular weight is 372 g/mol. The molecule has 9 nitrogen and oxygen atoms in total. The van der Waals surface area contributed by atoms with Gasteiger partial charge in [0.2, 0.25) is 10.0 Å². The molecule has 24 heavy (non-hydrogen) atoms. The zero-order valence-electron chi connectivity index (χ0n) is 12.6. The number of ether oxygens (including phenoxy) is 1. The fourth-order valence-corrected chi connectivity index (χ4v) is 4.04. The van der Waals surface area contributed by atoms with E-state index in [-0.39, 0.29) is 28.2 Å². The van der Waals surface area contributed by atoms with Crippen LogP contribution in [0.2, 0.25) is 5.02 Å². The highest BCUT2D eigenvalue weighted by molar-refractivity contribution is 7.89. The number of nitrogens with one attached hydrogen (secondary N) is 2. The summed E-state index contributed by atoms with van der Waals surface area (Å²) in [5.74, 6) is -0.0722. The van der Waals surface area contributed by atoms with Gasteiger partial charge in [-0.25, -0.2) is 18.1 Å². The molecule has 2 N–H and O–H groups in total. The normalized spacial score (nSPS) is 15.3. The number of carbonyl (C=O) groups is 1. The summed E-state index contributed by atoms with van der Waals surface area (Å²) in [4.78, 5) is 15.0. The third-order valence-electron chi connectivity index (χ3n) is 3.24. The van der Waals surface area contributed by atoms with Gasteiger partial charge in [-0.3, -0.25) is 9.48 Å². The number of nitrogens with zero attached hydrogens (tertiary/aromatic N) is 3. The van der Waals surface area contributed by atoms with Crippen LogP contribution in [0, 0.1) is 0 Å². The number of hydrogen-bond acceptors (Lipinski definition) is 6. The fraction of sp³-hybridized carbons (Fsp3) is 0.308. The molecule has 0 radical (unpaired) electrons. The number of aromatic nitrogens is 3. The molecule has 1 atom stereocenters. The van der Waals surface area contributed by atoms with Gasteiger partial charge in [-0.1, -0.05) is 11.6 Å². The van der Waals surface area contributed by atoms with Gasteiger partial charge in [-0.15, -0.1) is 0 Å². The van der Waals surface area contributed by atoms with Crippen LogP contribution >= 0.6 is 11.6 Å². The van der Waals surface area contributed by atoms with Gasteiger partial charge in [0.05, 0.1) is 17.3 Å². The Labute approximate surface area is 143 Å². The lowest BCUT2D eigenvalue weighted by Crippen LogP contribution is -2.36. The molecule has 1 aromatic carbocycles. The lowest BCUT2D eigenvalue weighted by Gasteiger charge is -2.20. The van der Waals surface area contributed by atoms with Crippen molar-refractivity contribution in [2.24, 2.45) is 0 Å². The van der Waals surface area contributed by atoms with E-state index in [1.807, 2.05) is 0 Å². The van der Waals surface area contributed by atoms with Gasteiger partial charge in [0.1, 0.15) is 23.3 Å². The number of hydrogen-bond donors (Lipinski definition) is 2. The topological polar surface area (TPSA) is 115 Å². The van der Waals surface area contributed by atoms with E-state index in [1.54, 1.807) is 6.92 Å². The van der Waals surface area contributed by atoms with Crippen molar-refractivity contribution in [1.82, 2.24) is 19.5 Å². The largest absolute Gasteiger partial charge is 0.482 e. The van der Waals surface area contributed by atoms with Gasteiger partial charge < -0.3 is 10.1 Å². The van der Waals surface area contributed by atoms with Crippen molar-refractivity contribution in [3.05, 3.63) is 29.8 Å². The Kier molecular flexibility index (Phi) is 4.43. The second kappa shape index (κ2) is 6.38. The molecule has 0 bridgehead atoms. The molecule has 1 amide bonds. The molecule has 2 aromatic rings. The van der Waals surface area contributed by atoms with Crippen LogP contribution in [0.5, 0.6) is 5.75 Å². The predicted molar refractivity (Wildman–Crippen MR) is 85.4 cm³/mol. The van der Waals surface area contributed by atoms with Crippen LogP contribution in [0.4, 0.5) is 5.69 Å². The smallest absolute Gasteiger partial charge is 0.262 e. The third kappa shape index (κ3) is 3.50. The zero-order chi connectivity index (χ0) is 17.3. The first-order chi connectivity index (χ1) is 11.3. The highest BCUT2D eigenvalue weighted by Gasteiger charge is 2.25. The lowest BCUT2D eigenvalue weighted by atomic mass is 10.2. The van der Waals surface area contributed by atoms with Crippen LogP contribution < -0.4 is 14.8 Å². The number of fused-ring (bicyclic) bond motifs is 1.